The number of para-hydroxylation sites is 1. The fraction of sp³-hybridized carbons (Fsp3) is 0.0417. The van der Waals surface area contributed by atoms with E-state index in [9.17, 15) is 9.65 Å². The van der Waals surface area contributed by atoms with Crippen LogP contribution in [0, 0.1) is 17.1 Å². The average molecular weight is 387 g/mol. The number of fused-ring (bicyclic) bond motifs is 1. The Morgan fingerprint density at radius 1 is 1.04 bits per heavy atom. The summed E-state index contributed by atoms with van der Waals surface area (Å²) in [5.74, 6) is -0.358. The van der Waals surface area contributed by atoms with Crippen LogP contribution in [0.25, 0.3) is 22.6 Å². The van der Waals surface area contributed by atoms with E-state index in [-0.39, 0.29) is 5.82 Å². The zero-order chi connectivity index (χ0) is 19.5. The summed E-state index contributed by atoms with van der Waals surface area (Å²) < 4.78 is 15.7. The standard InChI is InChI=1S/C24H16ClFN2/c25-21-10-8-17(9-11-21)15-28-16-20(23-6-1-2-7-24(23)28)12-19(14-27)18-4-3-5-22(26)13-18/h1-13,16H,15H2/b19-12-. The van der Waals surface area contributed by atoms with Crippen LogP contribution >= 0.6 is 11.6 Å². The van der Waals surface area contributed by atoms with Crippen molar-refractivity contribution in [1.29, 1.82) is 5.26 Å². The second kappa shape index (κ2) is 7.72. The van der Waals surface area contributed by atoms with Gasteiger partial charge >= 0.3 is 0 Å². The van der Waals surface area contributed by atoms with Gasteiger partial charge in [0, 0.05) is 34.2 Å². The lowest BCUT2D eigenvalue weighted by molar-refractivity contribution is 0.627. The van der Waals surface area contributed by atoms with Crippen molar-refractivity contribution in [3.8, 4) is 6.07 Å². The first-order valence-corrected chi connectivity index (χ1v) is 9.22. The van der Waals surface area contributed by atoms with Gasteiger partial charge in [0.1, 0.15) is 5.82 Å². The van der Waals surface area contributed by atoms with Gasteiger partial charge in [-0.3, -0.25) is 0 Å². The van der Waals surface area contributed by atoms with Crippen LogP contribution < -0.4 is 0 Å². The average Bonchev–Trinajstić information content (AvgIpc) is 3.05. The molecule has 0 fully saturated rings. The topological polar surface area (TPSA) is 28.7 Å². The van der Waals surface area contributed by atoms with Gasteiger partial charge in [0.25, 0.3) is 0 Å². The molecule has 2 nitrogen and oxygen atoms in total. The molecule has 1 aromatic heterocycles. The minimum absolute atomic E-state index is 0.358. The van der Waals surface area contributed by atoms with Crippen LogP contribution in [0.4, 0.5) is 4.39 Å². The van der Waals surface area contributed by atoms with Crippen molar-refractivity contribution in [1.82, 2.24) is 4.57 Å². The van der Waals surface area contributed by atoms with Crippen LogP contribution in [-0.4, -0.2) is 4.57 Å². The van der Waals surface area contributed by atoms with Crippen LogP contribution in [0.2, 0.25) is 5.02 Å². The summed E-state index contributed by atoms with van der Waals surface area (Å²) in [5.41, 5.74) is 4.11. The Morgan fingerprint density at radius 2 is 1.82 bits per heavy atom. The molecule has 4 rings (SSSR count). The summed E-state index contributed by atoms with van der Waals surface area (Å²) in [7, 11) is 0. The van der Waals surface area contributed by atoms with Crippen molar-refractivity contribution in [3.63, 3.8) is 0 Å². The Morgan fingerprint density at radius 3 is 2.57 bits per heavy atom. The van der Waals surface area contributed by atoms with Gasteiger partial charge in [-0.15, -0.1) is 0 Å². The van der Waals surface area contributed by atoms with E-state index in [1.807, 2.05) is 54.7 Å². The fourth-order valence-electron chi connectivity index (χ4n) is 3.30. The van der Waals surface area contributed by atoms with Crippen molar-refractivity contribution in [3.05, 3.63) is 107 Å². The van der Waals surface area contributed by atoms with Gasteiger partial charge in [-0.2, -0.15) is 5.26 Å². The predicted molar refractivity (Wildman–Crippen MR) is 112 cm³/mol. The maximum atomic E-state index is 13.6. The first-order valence-electron chi connectivity index (χ1n) is 8.84. The van der Waals surface area contributed by atoms with E-state index in [0.717, 1.165) is 22.0 Å². The number of hydrogen-bond acceptors (Lipinski definition) is 1. The molecule has 0 N–H and O–H groups in total. The minimum atomic E-state index is -0.358. The molecule has 1 heterocycles. The smallest absolute Gasteiger partial charge is 0.123 e. The molecule has 0 aliphatic rings. The van der Waals surface area contributed by atoms with E-state index < -0.39 is 0 Å². The van der Waals surface area contributed by atoms with Gasteiger partial charge in [0.2, 0.25) is 0 Å². The van der Waals surface area contributed by atoms with E-state index in [2.05, 4.69) is 16.7 Å². The van der Waals surface area contributed by atoms with Crippen LogP contribution in [0.5, 0.6) is 0 Å². The Kier molecular flexibility index (Phi) is 4.97. The largest absolute Gasteiger partial charge is 0.342 e. The Labute approximate surface area is 167 Å². The molecule has 136 valence electrons. The molecule has 0 bridgehead atoms. The summed E-state index contributed by atoms with van der Waals surface area (Å²) in [6.07, 6.45) is 3.84. The first-order chi connectivity index (χ1) is 13.6. The number of halogens is 2. The van der Waals surface area contributed by atoms with Crippen molar-refractivity contribution in [2.75, 3.05) is 0 Å². The molecule has 3 aromatic carbocycles. The van der Waals surface area contributed by atoms with Crippen LogP contribution in [0.15, 0.2) is 79.0 Å². The monoisotopic (exact) mass is 386 g/mol. The minimum Gasteiger partial charge on any atom is -0.342 e. The highest BCUT2D eigenvalue weighted by atomic mass is 35.5. The highest BCUT2D eigenvalue weighted by Gasteiger charge is 2.10. The number of nitrogens with zero attached hydrogens (tertiary/aromatic N) is 2. The molecule has 0 saturated heterocycles. The molecule has 0 spiro atoms. The highest BCUT2D eigenvalue weighted by molar-refractivity contribution is 6.30. The highest BCUT2D eigenvalue weighted by Crippen LogP contribution is 2.27. The molecule has 28 heavy (non-hydrogen) atoms. The van der Waals surface area contributed by atoms with Gasteiger partial charge < -0.3 is 4.57 Å². The van der Waals surface area contributed by atoms with Crippen molar-refractivity contribution < 1.29 is 4.39 Å². The zero-order valence-electron chi connectivity index (χ0n) is 14.9. The molecule has 4 heteroatoms. The quantitative estimate of drug-likeness (QED) is 0.366. The molecule has 0 amide bonds. The first kappa shape index (κ1) is 18.0. The van der Waals surface area contributed by atoms with Gasteiger partial charge in [-0.25, -0.2) is 4.39 Å². The maximum absolute atomic E-state index is 13.6. The zero-order valence-corrected chi connectivity index (χ0v) is 15.7. The van der Waals surface area contributed by atoms with Gasteiger partial charge in [-0.05, 0) is 47.5 Å². The van der Waals surface area contributed by atoms with E-state index in [1.54, 1.807) is 12.1 Å². The number of aromatic nitrogens is 1. The van der Waals surface area contributed by atoms with Gasteiger partial charge in [0.05, 0.1) is 11.6 Å². The molecule has 0 unspecified atom stereocenters. The molecule has 4 aromatic rings. The Hall–Kier alpha value is -3.35. The van der Waals surface area contributed by atoms with Gasteiger partial charge in [-0.1, -0.05) is 54.1 Å². The second-order valence-electron chi connectivity index (χ2n) is 6.54. The van der Waals surface area contributed by atoms with Crippen LogP contribution in [0.3, 0.4) is 0 Å². The second-order valence-corrected chi connectivity index (χ2v) is 6.97. The lowest BCUT2D eigenvalue weighted by Gasteiger charge is -2.05. The van der Waals surface area contributed by atoms with Crippen LogP contribution in [0.1, 0.15) is 16.7 Å². The number of rotatable bonds is 4. The predicted octanol–water partition coefficient (Wildman–Crippen LogP) is 6.55. The molecular weight excluding hydrogens is 371 g/mol. The normalized spacial score (nSPS) is 11.5. The Balaban J connectivity index is 1.79. The summed E-state index contributed by atoms with van der Waals surface area (Å²) in [4.78, 5) is 0. The third-order valence-corrected chi connectivity index (χ3v) is 4.89. The van der Waals surface area contributed by atoms with E-state index >= 15 is 0 Å². The van der Waals surface area contributed by atoms with E-state index in [0.29, 0.717) is 22.7 Å². The summed E-state index contributed by atoms with van der Waals surface area (Å²) in [6.45, 7) is 0.688. The molecule has 0 radical (unpaired) electrons. The SMILES string of the molecule is N#C/C(=C/c1cn(Cc2ccc(Cl)cc2)c2ccccc12)c1cccc(F)c1. The summed E-state index contributed by atoms with van der Waals surface area (Å²) in [5, 5.41) is 11.4. The molecule has 0 saturated carbocycles. The van der Waals surface area contributed by atoms with Crippen molar-refractivity contribution in [2.45, 2.75) is 6.54 Å². The molecular formula is C24H16ClFN2. The van der Waals surface area contributed by atoms with E-state index in [1.165, 1.54) is 12.1 Å². The lowest BCUT2D eigenvalue weighted by atomic mass is 10.0. The van der Waals surface area contributed by atoms with Crippen LogP contribution in [-0.2, 0) is 6.54 Å². The molecule has 0 aliphatic carbocycles. The van der Waals surface area contributed by atoms with Crippen molar-refractivity contribution >= 4 is 34.2 Å². The summed E-state index contributed by atoms with van der Waals surface area (Å²) in [6, 6.07) is 24.1. The van der Waals surface area contributed by atoms with Gasteiger partial charge in [0.15, 0.2) is 0 Å². The van der Waals surface area contributed by atoms with E-state index in [4.69, 9.17) is 11.6 Å². The third kappa shape index (κ3) is 3.69. The third-order valence-electron chi connectivity index (χ3n) is 4.64. The molecule has 0 aliphatic heterocycles. The fourth-order valence-corrected chi connectivity index (χ4v) is 3.43. The number of allylic oxidation sites excluding steroid dienone is 1. The maximum Gasteiger partial charge on any atom is 0.123 e. The lowest BCUT2D eigenvalue weighted by Crippen LogP contribution is -1.97. The number of hydrogen-bond donors (Lipinski definition) is 0. The Bertz CT molecular complexity index is 1210. The molecule has 0 atom stereocenters. The number of nitriles is 1. The van der Waals surface area contributed by atoms with Crippen molar-refractivity contribution in [2.24, 2.45) is 0 Å². The summed E-state index contributed by atoms with van der Waals surface area (Å²) >= 11 is 5.98. The number of benzene rings is 3.